The Hall–Kier alpha value is -7.60. The molecular weight excluding hydrogens is 751 g/mol. The molecule has 4 nitrogen and oxygen atoms in total. The van der Waals surface area contributed by atoms with E-state index in [4.69, 9.17) is 14.4 Å². The molecule has 0 radical (unpaired) electrons. The maximum absolute atomic E-state index is 6.23. The first-order valence-electron chi connectivity index (χ1n) is 20.2. The number of para-hydroxylation sites is 1. The Kier molecular flexibility index (Phi) is 7.74. The molecule has 0 bridgehead atoms. The van der Waals surface area contributed by atoms with Crippen LogP contribution in [0, 0.1) is 0 Å². The van der Waals surface area contributed by atoms with E-state index in [1.807, 2.05) is 65.9 Å². The first-order valence-corrected chi connectivity index (χ1v) is 21.0. The van der Waals surface area contributed by atoms with Crippen molar-refractivity contribution in [1.82, 2.24) is 4.57 Å². The van der Waals surface area contributed by atoms with E-state index in [1.54, 1.807) is 0 Å². The van der Waals surface area contributed by atoms with Gasteiger partial charge in [-0.25, -0.2) is 9.98 Å². The zero-order valence-corrected chi connectivity index (χ0v) is 33.5. The monoisotopic (exact) mass is 785 g/mol. The lowest BCUT2D eigenvalue weighted by molar-refractivity contribution is 0.669. The number of hydrogen-bond donors (Lipinski definition) is 0. The third-order valence-electron chi connectivity index (χ3n) is 11.9. The van der Waals surface area contributed by atoms with E-state index in [0.29, 0.717) is 11.5 Å². The van der Waals surface area contributed by atoms with Gasteiger partial charge in [-0.15, -0.1) is 11.3 Å². The number of fused-ring (bicyclic) bond motifs is 12. The standard InChI is InChI=1S/C55H35N3OS/c1-33(35-14-4-3-5-15-35)56-55(39-25-27-50-47(29-39)42-20-10-12-22-49(42)59-50)57-34(2)45-31-40(32-52-53(45)44-21-11-13-23-51(44)60-52)58-48-30-38-18-7-6-17-37(38)28-46(48)43-26-24-36-16-8-9-19-41(36)54(43)58/h3-32H,1H2,2H3. The van der Waals surface area contributed by atoms with Gasteiger partial charge in [0, 0.05) is 69.6 Å². The van der Waals surface area contributed by atoms with Crippen molar-refractivity contribution < 1.29 is 4.42 Å². The van der Waals surface area contributed by atoms with Crippen molar-refractivity contribution in [1.29, 1.82) is 0 Å². The maximum atomic E-state index is 6.23. The van der Waals surface area contributed by atoms with Gasteiger partial charge < -0.3 is 8.98 Å². The van der Waals surface area contributed by atoms with Crippen molar-refractivity contribution in [3.63, 3.8) is 0 Å². The maximum Gasteiger partial charge on any atom is 0.160 e. The molecule has 5 heteroatoms. The topological polar surface area (TPSA) is 42.8 Å². The average Bonchev–Trinajstić information content (AvgIpc) is 3.97. The molecule has 282 valence electrons. The Bertz CT molecular complexity index is 3810. The summed E-state index contributed by atoms with van der Waals surface area (Å²) in [4.78, 5) is 10.7. The Morgan fingerprint density at radius 1 is 0.517 bits per heavy atom. The van der Waals surface area contributed by atoms with Gasteiger partial charge in [-0.1, -0.05) is 134 Å². The Balaban J connectivity index is 1.14. The number of aliphatic imine (C=N–C) groups is 2. The molecule has 0 aliphatic heterocycles. The smallest absolute Gasteiger partial charge is 0.160 e. The summed E-state index contributed by atoms with van der Waals surface area (Å²) < 4.78 is 11.1. The highest BCUT2D eigenvalue weighted by atomic mass is 32.1. The molecular formula is C55H35N3OS. The molecule has 0 saturated heterocycles. The van der Waals surface area contributed by atoms with E-state index >= 15 is 0 Å². The van der Waals surface area contributed by atoms with Crippen LogP contribution in [0.3, 0.4) is 0 Å². The van der Waals surface area contributed by atoms with Crippen molar-refractivity contribution in [2.75, 3.05) is 0 Å². The zero-order chi connectivity index (χ0) is 39.9. The summed E-state index contributed by atoms with van der Waals surface area (Å²) in [5.41, 5.74) is 9.52. The number of benzene rings is 9. The molecule has 60 heavy (non-hydrogen) atoms. The van der Waals surface area contributed by atoms with Crippen molar-refractivity contribution in [3.8, 4) is 5.69 Å². The SMILES string of the molecule is C=C(N=C(N=C(C)c1cc(-n2c3cc4ccccc4cc3c3ccc4ccccc4c32)cc2sc3ccccc3c12)c1ccc2oc3ccccc3c2c1)c1ccccc1. The lowest BCUT2D eigenvalue weighted by Crippen LogP contribution is -2.06. The predicted molar refractivity (Wildman–Crippen MR) is 257 cm³/mol. The van der Waals surface area contributed by atoms with Gasteiger partial charge in [0.15, 0.2) is 5.84 Å². The minimum atomic E-state index is 0.584. The fourth-order valence-electron chi connectivity index (χ4n) is 9.05. The van der Waals surface area contributed by atoms with Crippen LogP contribution in [0.4, 0.5) is 0 Å². The minimum Gasteiger partial charge on any atom is -0.456 e. The van der Waals surface area contributed by atoms with E-state index < -0.39 is 0 Å². The number of hydrogen-bond acceptors (Lipinski definition) is 3. The number of thiophene rings is 1. The first kappa shape index (κ1) is 34.4. The molecule has 12 rings (SSSR count). The van der Waals surface area contributed by atoms with Crippen molar-refractivity contribution in [3.05, 3.63) is 205 Å². The molecule has 0 N–H and O–H groups in total. The molecule has 9 aromatic carbocycles. The van der Waals surface area contributed by atoms with E-state index in [1.165, 1.54) is 63.5 Å². The Labute approximate surface area is 349 Å². The summed E-state index contributed by atoms with van der Waals surface area (Å²) in [6.45, 7) is 6.55. The minimum absolute atomic E-state index is 0.584. The molecule has 0 aliphatic rings. The van der Waals surface area contributed by atoms with Crippen LogP contribution in [-0.2, 0) is 0 Å². The summed E-state index contributed by atoms with van der Waals surface area (Å²) in [6.07, 6.45) is 0. The third-order valence-corrected chi connectivity index (χ3v) is 13.0. The highest BCUT2D eigenvalue weighted by Crippen LogP contribution is 2.42. The number of nitrogens with zero attached hydrogens (tertiary/aromatic N) is 3. The normalized spacial score (nSPS) is 12.7. The molecule has 3 heterocycles. The quantitative estimate of drug-likeness (QED) is 0.127. The van der Waals surface area contributed by atoms with E-state index in [0.717, 1.165) is 50.0 Å². The van der Waals surface area contributed by atoms with Crippen LogP contribution in [0.25, 0.3) is 96.8 Å². The van der Waals surface area contributed by atoms with Gasteiger partial charge >= 0.3 is 0 Å². The van der Waals surface area contributed by atoms with Crippen molar-refractivity contribution in [2.24, 2.45) is 9.98 Å². The first-order chi connectivity index (χ1) is 29.6. The van der Waals surface area contributed by atoms with Gasteiger partial charge in [0.1, 0.15) is 11.2 Å². The van der Waals surface area contributed by atoms with Crippen LogP contribution in [0.15, 0.2) is 203 Å². The molecule has 12 aromatic rings. The summed E-state index contributed by atoms with van der Waals surface area (Å²) in [5.74, 6) is 0.584. The van der Waals surface area contributed by atoms with Crippen LogP contribution < -0.4 is 0 Å². The van der Waals surface area contributed by atoms with E-state index in [2.05, 4.69) is 145 Å². The molecule has 0 fully saturated rings. The Morgan fingerprint density at radius 2 is 1.22 bits per heavy atom. The number of rotatable bonds is 5. The largest absolute Gasteiger partial charge is 0.456 e. The zero-order valence-electron chi connectivity index (χ0n) is 32.7. The van der Waals surface area contributed by atoms with Crippen LogP contribution in [0.1, 0.15) is 23.6 Å². The van der Waals surface area contributed by atoms with E-state index in [9.17, 15) is 0 Å². The fourth-order valence-corrected chi connectivity index (χ4v) is 10.2. The highest BCUT2D eigenvalue weighted by Gasteiger charge is 2.21. The highest BCUT2D eigenvalue weighted by molar-refractivity contribution is 7.26. The van der Waals surface area contributed by atoms with Crippen LogP contribution in [0.2, 0.25) is 0 Å². The fraction of sp³-hybridized carbons (Fsp3) is 0.0182. The van der Waals surface area contributed by atoms with Crippen LogP contribution in [-0.4, -0.2) is 16.1 Å². The lowest BCUT2D eigenvalue weighted by atomic mass is 10.0. The number of aromatic nitrogens is 1. The molecule has 0 saturated carbocycles. The molecule has 0 spiro atoms. The Morgan fingerprint density at radius 3 is 2.07 bits per heavy atom. The number of furan rings is 1. The molecule has 3 aromatic heterocycles. The lowest BCUT2D eigenvalue weighted by Gasteiger charge is -2.14. The predicted octanol–water partition coefficient (Wildman–Crippen LogP) is 15.3. The molecule has 0 atom stereocenters. The van der Waals surface area contributed by atoms with Gasteiger partial charge in [-0.05, 0) is 83.2 Å². The summed E-state index contributed by atoms with van der Waals surface area (Å²) >= 11 is 1.83. The van der Waals surface area contributed by atoms with Crippen LogP contribution >= 0.6 is 11.3 Å². The van der Waals surface area contributed by atoms with Gasteiger partial charge in [0.2, 0.25) is 0 Å². The second-order valence-electron chi connectivity index (χ2n) is 15.5. The van der Waals surface area contributed by atoms with E-state index in [-0.39, 0.29) is 0 Å². The summed E-state index contributed by atoms with van der Waals surface area (Å²) in [5, 5.41) is 11.8. The summed E-state index contributed by atoms with van der Waals surface area (Å²) in [7, 11) is 0. The number of amidine groups is 1. The van der Waals surface area contributed by atoms with Gasteiger partial charge in [-0.2, -0.15) is 0 Å². The third kappa shape index (κ3) is 5.44. The molecule has 0 amide bonds. The average molecular weight is 786 g/mol. The second-order valence-corrected chi connectivity index (χ2v) is 16.5. The molecule has 0 aliphatic carbocycles. The van der Waals surface area contributed by atoms with Gasteiger partial charge in [0.25, 0.3) is 0 Å². The second kappa shape index (κ2) is 13.5. The van der Waals surface area contributed by atoms with Gasteiger partial charge in [-0.3, -0.25) is 0 Å². The van der Waals surface area contributed by atoms with Crippen molar-refractivity contribution >= 4 is 114 Å². The van der Waals surface area contributed by atoms with Gasteiger partial charge in [0.05, 0.1) is 16.7 Å². The van der Waals surface area contributed by atoms with Crippen molar-refractivity contribution in [2.45, 2.75) is 6.92 Å². The summed E-state index contributed by atoms with van der Waals surface area (Å²) in [6, 6.07) is 64.5. The molecule has 0 unspecified atom stereocenters. The van der Waals surface area contributed by atoms with Crippen LogP contribution in [0.5, 0.6) is 0 Å².